The summed E-state index contributed by atoms with van der Waals surface area (Å²) in [7, 11) is 0. The first-order valence-corrected chi connectivity index (χ1v) is 10.6. The molecule has 5 atom stereocenters. The molecule has 28 heavy (non-hydrogen) atoms. The molecule has 0 amide bonds. The number of aryl methyl sites for hydroxylation is 1. The lowest BCUT2D eigenvalue weighted by Gasteiger charge is -2.50. The Hall–Kier alpha value is -1.91. The minimum atomic E-state index is -0.845. The quantitative estimate of drug-likeness (QED) is 0.763. The summed E-state index contributed by atoms with van der Waals surface area (Å²) in [5.74, 6) is 0.934. The molecule has 5 heteroatoms. The highest BCUT2D eigenvalue weighted by Crippen LogP contribution is 2.62. The van der Waals surface area contributed by atoms with Crippen molar-refractivity contribution in [1.29, 1.82) is 0 Å². The summed E-state index contributed by atoms with van der Waals surface area (Å²) < 4.78 is 12.1. The van der Waals surface area contributed by atoms with Gasteiger partial charge >= 0.3 is 5.97 Å². The largest absolute Gasteiger partial charge is 0.508 e. The van der Waals surface area contributed by atoms with E-state index in [-0.39, 0.29) is 23.7 Å². The summed E-state index contributed by atoms with van der Waals surface area (Å²) in [5.41, 5.74) is 2.21. The van der Waals surface area contributed by atoms with Gasteiger partial charge in [0.1, 0.15) is 11.5 Å². The SMILES string of the molecule is CC.CC12CCC3c4ccc(O)cc4CCC3C1C(CCC(=O)OF)CC2=O. The Morgan fingerprint density at radius 1 is 1.32 bits per heavy atom. The maximum Gasteiger partial charge on any atom is 0.348 e. The van der Waals surface area contributed by atoms with E-state index >= 15 is 0 Å². The summed E-state index contributed by atoms with van der Waals surface area (Å²) in [4.78, 5) is 27.4. The molecule has 4 rings (SSSR count). The van der Waals surface area contributed by atoms with Crippen LogP contribution in [0.5, 0.6) is 5.75 Å². The topological polar surface area (TPSA) is 63.6 Å². The Kier molecular flexibility index (Phi) is 6.11. The van der Waals surface area contributed by atoms with E-state index in [9.17, 15) is 19.2 Å². The van der Waals surface area contributed by atoms with Gasteiger partial charge < -0.3 is 5.11 Å². The van der Waals surface area contributed by atoms with Crippen LogP contribution in [0.3, 0.4) is 0 Å². The van der Waals surface area contributed by atoms with E-state index in [0.29, 0.717) is 36.2 Å². The van der Waals surface area contributed by atoms with Crippen molar-refractivity contribution < 1.29 is 24.2 Å². The first kappa shape index (κ1) is 20.8. The van der Waals surface area contributed by atoms with Crippen molar-refractivity contribution in [3.63, 3.8) is 0 Å². The number of Topliss-reactive ketones (excluding diaryl/α,β-unsaturated/α-hetero) is 1. The third kappa shape index (κ3) is 3.44. The van der Waals surface area contributed by atoms with Crippen LogP contribution in [0.15, 0.2) is 18.2 Å². The van der Waals surface area contributed by atoms with Gasteiger partial charge in [-0.1, -0.05) is 26.8 Å². The number of fused-ring (bicyclic) bond motifs is 5. The monoisotopic (exact) mass is 390 g/mol. The van der Waals surface area contributed by atoms with Gasteiger partial charge in [0, 0.05) is 22.8 Å². The van der Waals surface area contributed by atoms with E-state index in [1.165, 1.54) is 11.1 Å². The molecule has 0 spiro atoms. The molecule has 1 aromatic carbocycles. The predicted molar refractivity (Wildman–Crippen MR) is 104 cm³/mol. The molecule has 3 aliphatic rings. The summed E-state index contributed by atoms with van der Waals surface area (Å²) in [6.07, 6.45) is 4.79. The molecular weight excluding hydrogens is 359 g/mol. The molecule has 3 aliphatic carbocycles. The highest BCUT2D eigenvalue weighted by atomic mass is 19.3. The zero-order valence-corrected chi connectivity index (χ0v) is 17.0. The average Bonchev–Trinajstić information content (AvgIpc) is 2.97. The highest BCUT2D eigenvalue weighted by molar-refractivity contribution is 5.87. The summed E-state index contributed by atoms with van der Waals surface area (Å²) in [5, 5.41) is 9.78. The van der Waals surface area contributed by atoms with E-state index in [1.807, 2.05) is 26.0 Å². The van der Waals surface area contributed by atoms with E-state index in [1.54, 1.807) is 6.07 Å². The number of phenolic OH excluding ortho intramolecular Hbond substituents is 1. The number of hydrogen-bond acceptors (Lipinski definition) is 4. The molecule has 0 bridgehead atoms. The number of aromatic hydroxyl groups is 1. The van der Waals surface area contributed by atoms with Crippen LogP contribution in [0, 0.1) is 23.2 Å². The van der Waals surface area contributed by atoms with E-state index < -0.39 is 5.97 Å². The molecule has 1 N–H and O–H groups in total. The average molecular weight is 390 g/mol. The van der Waals surface area contributed by atoms with Gasteiger partial charge in [0.15, 0.2) is 0 Å². The lowest BCUT2D eigenvalue weighted by molar-refractivity contribution is -0.184. The van der Waals surface area contributed by atoms with Crippen LogP contribution in [0.2, 0.25) is 0 Å². The van der Waals surface area contributed by atoms with Crippen LogP contribution >= 0.6 is 0 Å². The molecule has 0 aromatic heterocycles. The number of halogens is 1. The fourth-order valence-corrected chi connectivity index (χ4v) is 6.24. The highest BCUT2D eigenvalue weighted by Gasteiger charge is 2.58. The predicted octanol–water partition coefficient (Wildman–Crippen LogP) is 5.28. The fraction of sp³-hybridized carbons (Fsp3) is 0.652. The van der Waals surface area contributed by atoms with Crippen LogP contribution in [0.25, 0.3) is 0 Å². The first-order valence-electron chi connectivity index (χ1n) is 10.6. The minimum absolute atomic E-state index is 0.0306. The number of carbonyl (C=O) groups is 2. The third-order valence-corrected chi connectivity index (χ3v) is 7.36. The van der Waals surface area contributed by atoms with Crippen LogP contribution in [0.1, 0.15) is 76.3 Å². The van der Waals surface area contributed by atoms with Crippen molar-refractivity contribution in [2.75, 3.05) is 0 Å². The second-order valence-electron chi connectivity index (χ2n) is 8.55. The Morgan fingerprint density at radius 2 is 2.07 bits per heavy atom. The van der Waals surface area contributed by atoms with Gasteiger partial charge in [-0.3, -0.25) is 9.74 Å². The summed E-state index contributed by atoms with van der Waals surface area (Å²) >= 11 is 0. The standard InChI is InChI=1S/C21H25FO4.C2H6/c1-21-9-8-16-15-6-4-14(23)10-12(15)2-5-17(16)20(21)13(11-18(21)24)3-7-19(25)26-22;1-2/h4,6,10,13,16-17,20,23H,2-3,5,7-9,11H2,1H3;1-2H3. The van der Waals surface area contributed by atoms with Crippen LogP contribution in [-0.4, -0.2) is 16.9 Å². The Labute approximate surface area is 166 Å². The van der Waals surface area contributed by atoms with Crippen molar-refractivity contribution in [2.24, 2.45) is 23.2 Å². The molecule has 4 nitrogen and oxygen atoms in total. The summed E-state index contributed by atoms with van der Waals surface area (Å²) in [6.45, 7) is 6.09. The molecule has 2 fully saturated rings. The van der Waals surface area contributed by atoms with Crippen LogP contribution in [-0.2, 0) is 21.0 Å². The van der Waals surface area contributed by atoms with Gasteiger partial charge in [-0.15, -0.1) is 0 Å². The number of carbonyl (C=O) groups excluding carboxylic acids is 2. The van der Waals surface area contributed by atoms with E-state index in [2.05, 4.69) is 11.9 Å². The molecule has 0 heterocycles. The normalized spacial score (nSPS) is 33.1. The number of benzene rings is 1. The van der Waals surface area contributed by atoms with Crippen molar-refractivity contribution in [3.8, 4) is 5.75 Å². The smallest absolute Gasteiger partial charge is 0.348 e. The molecule has 5 unspecified atom stereocenters. The van der Waals surface area contributed by atoms with Crippen molar-refractivity contribution in [3.05, 3.63) is 29.3 Å². The lowest BCUT2D eigenvalue weighted by Crippen LogP contribution is -2.44. The zero-order valence-electron chi connectivity index (χ0n) is 17.0. The van der Waals surface area contributed by atoms with Gasteiger partial charge in [0.2, 0.25) is 0 Å². The van der Waals surface area contributed by atoms with E-state index in [4.69, 9.17) is 0 Å². The third-order valence-electron chi connectivity index (χ3n) is 7.36. The van der Waals surface area contributed by atoms with Crippen molar-refractivity contribution in [1.82, 2.24) is 0 Å². The van der Waals surface area contributed by atoms with Crippen molar-refractivity contribution >= 4 is 11.8 Å². The minimum Gasteiger partial charge on any atom is -0.508 e. The lowest BCUT2D eigenvalue weighted by atomic mass is 9.54. The number of hydrogen-bond donors (Lipinski definition) is 1. The molecular formula is C23H31FO4. The van der Waals surface area contributed by atoms with Crippen LogP contribution in [0.4, 0.5) is 4.53 Å². The van der Waals surface area contributed by atoms with Gasteiger partial charge in [-0.2, -0.15) is 0 Å². The number of rotatable bonds is 3. The second kappa shape index (κ2) is 8.22. The number of ketones is 1. The Morgan fingerprint density at radius 3 is 2.79 bits per heavy atom. The van der Waals surface area contributed by atoms with Gasteiger partial charge in [0.05, 0.1) is 0 Å². The first-order chi connectivity index (χ1) is 13.4. The molecule has 0 radical (unpaired) electrons. The van der Waals surface area contributed by atoms with Gasteiger partial charge in [-0.05, 0) is 79.0 Å². The molecule has 154 valence electrons. The van der Waals surface area contributed by atoms with Crippen molar-refractivity contribution in [2.45, 2.75) is 71.6 Å². The fourth-order valence-electron chi connectivity index (χ4n) is 6.24. The molecule has 1 aromatic rings. The zero-order chi connectivity index (χ0) is 20.5. The molecule has 0 aliphatic heterocycles. The van der Waals surface area contributed by atoms with Gasteiger partial charge in [0.25, 0.3) is 0 Å². The maximum atomic E-state index is 12.8. The Bertz CT molecular complexity index is 746. The molecule has 0 saturated heterocycles. The summed E-state index contributed by atoms with van der Waals surface area (Å²) in [6, 6.07) is 5.66. The maximum absolute atomic E-state index is 12.8. The van der Waals surface area contributed by atoms with Crippen LogP contribution < -0.4 is 0 Å². The number of phenols is 1. The second-order valence-corrected chi connectivity index (χ2v) is 8.55. The van der Waals surface area contributed by atoms with E-state index in [0.717, 1.165) is 25.7 Å². The Balaban J connectivity index is 0.00000109. The van der Waals surface area contributed by atoms with Gasteiger partial charge in [-0.25, -0.2) is 4.79 Å². The molecule has 2 saturated carbocycles.